The lowest BCUT2D eigenvalue weighted by atomic mass is 10.3. The van der Waals surface area contributed by atoms with E-state index in [9.17, 15) is 17.6 Å². The van der Waals surface area contributed by atoms with Gasteiger partial charge in [0, 0.05) is 19.5 Å². The van der Waals surface area contributed by atoms with E-state index in [0.717, 1.165) is 22.3 Å². The molecule has 0 saturated heterocycles. The fourth-order valence-corrected chi connectivity index (χ4v) is 4.96. The van der Waals surface area contributed by atoms with Gasteiger partial charge in [0.2, 0.25) is 5.91 Å². The zero-order valence-corrected chi connectivity index (χ0v) is 17.8. The van der Waals surface area contributed by atoms with E-state index >= 15 is 0 Å². The number of rotatable bonds is 8. The van der Waals surface area contributed by atoms with Crippen LogP contribution in [0.2, 0.25) is 0 Å². The summed E-state index contributed by atoms with van der Waals surface area (Å²) in [5, 5.41) is 0.553. The Morgan fingerprint density at radius 2 is 1.76 bits per heavy atom. The second-order valence-electron chi connectivity index (χ2n) is 6.84. The Morgan fingerprint density at radius 1 is 1.07 bits per heavy atom. The van der Waals surface area contributed by atoms with Crippen molar-refractivity contribution < 1.29 is 17.6 Å². The molecule has 6 nitrogen and oxygen atoms in total. The Bertz CT molecular complexity index is 1060. The average molecular weight is 436 g/mol. The summed E-state index contributed by atoms with van der Waals surface area (Å²) in [4.78, 5) is 21.0. The fraction of sp³-hybridized carbons (Fsp3) is 0.300. The van der Waals surface area contributed by atoms with Gasteiger partial charge in [-0.3, -0.25) is 9.69 Å². The van der Waals surface area contributed by atoms with Crippen molar-refractivity contribution >= 4 is 42.4 Å². The maximum Gasteiger partial charge on any atom is 0.229 e. The number of thiazole rings is 1. The van der Waals surface area contributed by atoms with Crippen LogP contribution in [0.4, 0.5) is 9.52 Å². The number of nitrogens with zero attached hydrogens (tertiary/aromatic N) is 3. The molecule has 3 aromatic rings. The summed E-state index contributed by atoms with van der Waals surface area (Å²) >= 11 is 1.40. The number of hydrogen-bond donors (Lipinski definition) is 0. The van der Waals surface area contributed by atoms with Gasteiger partial charge in [-0.05, 0) is 50.5 Å². The van der Waals surface area contributed by atoms with Crippen LogP contribution in [-0.4, -0.2) is 57.1 Å². The van der Waals surface area contributed by atoms with Crippen LogP contribution in [0.5, 0.6) is 0 Å². The average Bonchev–Trinajstić information content (AvgIpc) is 3.10. The second kappa shape index (κ2) is 8.98. The molecular formula is C20H22FN3O3S2. The number of fused-ring (bicyclic) bond motifs is 1. The lowest BCUT2D eigenvalue weighted by molar-refractivity contribution is -0.118. The van der Waals surface area contributed by atoms with Crippen molar-refractivity contribution in [3.05, 3.63) is 54.3 Å². The lowest BCUT2D eigenvalue weighted by Gasteiger charge is -2.22. The van der Waals surface area contributed by atoms with Crippen LogP contribution in [-0.2, 0) is 14.6 Å². The first-order valence-corrected chi connectivity index (χ1v) is 11.5. The van der Waals surface area contributed by atoms with Gasteiger partial charge in [-0.1, -0.05) is 23.5 Å². The Labute approximate surface area is 173 Å². The molecule has 154 valence electrons. The van der Waals surface area contributed by atoms with Crippen LogP contribution in [0.25, 0.3) is 10.2 Å². The largest absolute Gasteiger partial charge is 0.308 e. The summed E-state index contributed by atoms with van der Waals surface area (Å²) in [5.74, 6) is -1.16. The van der Waals surface area contributed by atoms with Crippen LogP contribution >= 0.6 is 11.3 Å². The highest BCUT2D eigenvalue weighted by molar-refractivity contribution is 7.91. The van der Waals surface area contributed by atoms with E-state index in [4.69, 9.17) is 0 Å². The van der Waals surface area contributed by atoms with Gasteiger partial charge < -0.3 is 4.90 Å². The molecule has 0 aliphatic rings. The van der Waals surface area contributed by atoms with Gasteiger partial charge in [-0.2, -0.15) is 0 Å². The Morgan fingerprint density at radius 3 is 2.41 bits per heavy atom. The summed E-state index contributed by atoms with van der Waals surface area (Å²) in [6, 6.07) is 12.2. The first-order chi connectivity index (χ1) is 13.8. The van der Waals surface area contributed by atoms with Crippen molar-refractivity contribution in [1.29, 1.82) is 0 Å². The number of sulfone groups is 1. The molecule has 29 heavy (non-hydrogen) atoms. The molecule has 1 amide bonds. The molecule has 0 atom stereocenters. The molecule has 1 aromatic heterocycles. The van der Waals surface area contributed by atoms with Crippen LogP contribution in [0.15, 0.2) is 53.4 Å². The van der Waals surface area contributed by atoms with Crippen molar-refractivity contribution in [2.24, 2.45) is 0 Å². The Hall–Kier alpha value is -2.36. The lowest BCUT2D eigenvalue weighted by Crippen LogP contribution is -2.37. The molecule has 0 saturated carbocycles. The minimum Gasteiger partial charge on any atom is -0.308 e. The van der Waals surface area contributed by atoms with Gasteiger partial charge >= 0.3 is 0 Å². The number of carbonyl (C=O) groups is 1. The molecule has 0 N–H and O–H groups in total. The van der Waals surface area contributed by atoms with E-state index in [0.29, 0.717) is 18.2 Å². The normalized spacial score (nSPS) is 11.9. The quantitative estimate of drug-likeness (QED) is 0.508. The number of amides is 1. The summed E-state index contributed by atoms with van der Waals surface area (Å²) in [7, 11) is 0.120. The van der Waals surface area contributed by atoms with E-state index < -0.39 is 15.7 Å². The highest BCUT2D eigenvalue weighted by atomic mass is 32.2. The standard InChI is InChI=1S/C20H22FN3O3S2/c1-23(2)12-13-24(20-22-17-5-3-4-6-18(17)28-20)19(25)11-14-29(26,27)16-9-7-15(21)8-10-16/h3-10H,11-14H2,1-2H3. The molecule has 3 rings (SSSR count). The molecule has 9 heteroatoms. The third-order valence-electron chi connectivity index (χ3n) is 4.34. The summed E-state index contributed by atoms with van der Waals surface area (Å²) in [5.41, 5.74) is 0.800. The predicted octanol–water partition coefficient (Wildman–Crippen LogP) is 3.19. The third kappa shape index (κ3) is 5.37. The van der Waals surface area contributed by atoms with Crippen molar-refractivity contribution in [3.8, 4) is 0 Å². The number of hydrogen-bond acceptors (Lipinski definition) is 6. The van der Waals surface area contributed by atoms with E-state index in [1.54, 1.807) is 4.90 Å². The third-order valence-corrected chi connectivity index (χ3v) is 7.13. The number of benzene rings is 2. The van der Waals surface area contributed by atoms with Crippen molar-refractivity contribution in [3.63, 3.8) is 0 Å². The zero-order valence-electron chi connectivity index (χ0n) is 16.2. The molecule has 0 aliphatic heterocycles. The molecule has 0 bridgehead atoms. The SMILES string of the molecule is CN(C)CCN(C(=O)CCS(=O)(=O)c1ccc(F)cc1)c1nc2ccccc2s1. The molecular weight excluding hydrogens is 413 g/mol. The van der Waals surface area contributed by atoms with Gasteiger partial charge in [0.15, 0.2) is 15.0 Å². The number of carbonyl (C=O) groups excluding carboxylic acids is 1. The van der Waals surface area contributed by atoms with Crippen LogP contribution in [0.3, 0.4) is 0 Å². The fourth-order valence-electron chi connectivity index (χ4n) is 2.72. The minimum absolute atomic E-state index is 0.00605. The van der Waals surface area contributed by atoms with Gasteiger partial charge in [-0.25, -0.2) is 17.8 Å². The Kier molecular flexibility index (Phi) is 6.61. The highest BCUT2D eigenvalue weighted by Crippen LogP contribution is 2.29. The first kappa shape index (κ1) is 21.4. The van der Waals surface area contributed by atoms with Crippen LogP contribution < -0.4 is 4.90 Å². The number of aromatic nitrogens is 1. The van der Waals surface area contributed by atoms with Gasteiger partial charge in [-0.15, -0.1) is 0 Å². The maximum absolute atomic E-state index is 13.1. The molecule has 0 unspecified atom stereocenters. The van der Waals surface area contributed by atoms with Crippen LogP contribution in [0.1, 0.15) is 6.42 Å². The number of likely N-dealkylation sites (N-methyl/N-ethyl adjacent to an activating group) is 1. The van der Waals surface area contributed by atoms with E-state index in [1.165, 1.54) is 23.5 Å². The smallest absolute Gasteiger partial charge is 0.229 e. The molecule has 1 heterocycles. The van der Waals surface area contributed by atoms with Crippen LogP contribution in [0, 0.1) is 5.82 Å². The molecule has 0 radical (unpaired) electrons. The van der Waals surface area contributed by atoms with Crippen molar-refractivity contribution in [2.45, 2.75) is 11.3 Å². The number of anilines is 1. The molecule has 0 fully saturated rings. The van der Waals surface area contributed by atoms with E-state index in [-0.39, 0.29) is 23.0 Å². The topological polar surface area (TPSA) is 70.6 Å². The number of para-hydroxylation sites is 1. The Balaban J connectivity index is 1.78. The van der Waals surface area contributed by atoms with Gasteiger partial charge in [0.25, 0.3) is 0 Å². The summed E-state index contributed by atoms with van der Waals surface area (Å²) < 4.78 is 39.0. The summed E-state index contributed by atoms with van der Waals surface area (Å²) in [6.07, 6.45) is -0.178. The van der Waals surface area contributed by atoms with Crippen molar-refractivity contribution in [1.82, 2.24) is 9.88 Å². The van der Waals surface area contributed by atoms with Gasteiger partial charge in [0.05, 0.1) is 20.9 Å². The first-order valence-electron chi connectivity index (χ1n) is 9.05. The predicted molar refractivity (Wildman–Crippen MR) is 114 cm³/mol. The molecule has 0 aliphatic carbocycles. The summed E-state index contributed by atoms with van der Waals surface area (Å²) in [6.45, 7) is 1.02. The van der Waals surface area contributed by atoms with E-state index in [2.05, 4.69) is 4.98 Å². The van der Waals surface area contributed by atoms with E-state index in [1.807, 2.05) is 43.3 Å². The van der Waals surface area contributed by atoms with Gasteiger partial charge in [0.1, 0.15) is 5.82 Å². The molecule has 0 spiro atoms. The maximum atomic E-state index is 13.1. The second-order valence-corrected chi connectivity index (χ2v) is 9.95. The highest BCUT2D eigenvalue weighted by Gasteiger charge is 2.23. The monoisotopic (exact) mass is 435 g/mol. The van der Waals surface area contributed by atoms with Crippen molar-refractivity contribution in [2.75, 3.05) is 37.8 Å². The zero-order chi connectivity index (χ0) is 21.0. The number of halogens is 1. The molecule has 2 aromatic carbocycles. The minimum atomic E-state index is -3.69.